The molecule has 0 bridgehead atoms. The van der Waals surface area contributed by atoms with E-state index < -0.39 is 0 Å². The molecule has 0 aromatic heterocycles. The smallest absolute Gasteiger partial charge is 0.257 e. The molecule has 0 heterocycles. The summed E-state index contributed by atoms with van der Waals surface area (Å²) in [6, 6.07) is 5.11. The number of unbranched alkanes of at least 4 members (excludes halogenated alkanes) is 2. The Bertz CT molecular complexity index is 405. The van der Waals surface area contributed by atoms with E-state index in [9.17, 15) is 9.90 Å². The second-order valence-corrected chi connectivity index (χ2v) is 4.60. The lowest BCUT2D eigenvalue weighted by atomic mass is 10.1. The van der Waals surface area contributed by atoms with E-state index in [1.165, 1.54) is 0 Å². The summed E-state index contributed by atoms with van der Waals surface area (Å²) in [6.07, 6.45) is 2.94. The van der Waals surface area contributed by atoms with Crippen molar-refractivity contribution in [3.8, 4) is 5.75 Å². The highest BCUT2D eigenvalue weighted by atomic mass is 16.3. The normalized spacial score (nSPS) is 10.4. The molecule has 0 saturated carbocycles. The zero-order chi connectivity index (χ0) is 13.5. The first-order chi connectivity index (χ1) is 8.56. The Kier molecular flexibility index (Phi) is 5.65. The van der Waals surface area contributed by atoms with Gasteiger partial charge < -0.3 is 15.7 Å². The van der Waals surface area contributed by atoms with Crippen LogP contribution in [0.25, 0.3) is 0 Å². The Morgan fingerprint density at radius 3 is 2.67 bits per heavy atom. The molecule has 18 heavy (non-hydrogen) atoms. The van der Waals surface area contributed by atoms with Gasteiger partial charge in [0.1, 0.15) is 5.75 Å². The van der Waals surface area contributed by atoms with Crippen molar-refractivity contribution < 1.29 is 9.90 Å². The van der Waals surface area contributed by atoms with Crippen LogP contribution in [0.15, 0.2) is 18.2 Å². The van der Waals surface area contributed by atoms with Crippen LogP contribution in [-0.2, 0) is 0 Å². The third-order valence-corrected chi connectivity index (χ3v) is 2.93. The van der Waals surface area contributed by atoms with E-state index >= 15 is 0 Å². The molecule has 1 aromatic rings. The van der Waals surface area contributed by atoms with Crippen molar-refractivity contribution in [2.75, 3.05) is 20.1 Å². The van der Waals surface area contributed by atoms with Crippen LogP contribution in [0.2, 0.25) is 0 Å². The van der Waals surface area contributed by atoms with Crippen LogP contribution in [0.5, 0.6) is 5.75 Å². The quantitative estimate of drug-likeness (QED) is 0.758. The minimum absolute atomic E-state index is 0.0498. The Morgan fingerprint density at radius 2 is 2.06 bits per heavy atom. The van der Waals surface area contributed by atoms with Gasteiger partial charge in [0.15, 0.2) is 0 Å². The number of amides is 1. The zero-order valence-corrected chi connectivity index (χ0v) is 11.1. The van der Waals surface area contributed by atoms with Gasteiger partial charge in [-0.1, -0.05) is 12.5 Å². The maximum absolute atomic E-state index is 12.1. The van der Waals surface area contributed by atoms with Crippen LogP contribution >= 0.6 is 0 Å². The predicted molar refractivity (Wildman–Crippen MR) is 72.7 cm³/mol. The largest absolute Gasteiger partial charge is 0.507 e. The first-order valence-electron chi connectivity index (χ1n) is 6.31. The molecule has 0 aliphatic carbocycles. The van der Waals surface area contributed by atoms with Crippen LogP contribution in [0, 0.1) is 6.92 Å². The van der Waals surface area contributed by atoms with Gasteiger partial charge in [-0.25, -0.2) is 0 Å². The molecule has 3 N–H and O–H groups in total. The maximum Gasteiger partial charge on any atom is 0.257 e. The average molecular weight is 250 g/mol. The van der Waals surface area contributed by atoms with E-state index in [2.05, 4.69) is 0 Å². The number of benzene rings is 1. The van der Waals surface area contributed by atoms with Gasteiger partial charge in [-0.2, -0.15) is 0 Å². The molecule has 0 fully saturated rings. The SMILES string of the molecule is Cc1ccc(C(=O)N(C)CCCCCN)c(O)c1. The van der Waals surface area contributed by atoms with Gasteiger partial charge in [0.25, 0.3) is 5.91 Å². The van der Waals surface area contributed by atoms with Crippen molar-refractivity contribution in [2.45, 2.75) is 26.2 Å². The number of phenolic OH excluding ortho intramolecular Hbond substituents is 1. The molecule has 1 aromatic carbocycles. The van der Waals surface area contributed by atoms with Crippen molar-refractivity contribution in [2.24, 2.45) is 5.73 Å². The Labute approximate surface area is 108 Å². The molecule has 0 spiro atoms. The molecule has 4 nitrogen and oxygen atoms in total. The average Bonchev–Trinajstić information content (AvgIpc) is 2.33. The lowest BCUT2D eigenvalue weighted by Gasteiger charge is -2.17. The topological polar surface area (TPSA) is 66.6 Å². The predicted octanol–water partition coefficient (Wildman–Crippen LogP) is 1.90. The lowest BCUT2D eigenvalue weighted by Crippen LogP contribution is -2.27. The third-order valence-electron chi connectivity index (χ3n) is 2.93. The number of nitrogens with zero attached hydrogens (tertiary/aromatic N) is 1. The van der Waals surface area contributed by atoms with Crippen molar-refractivity contribution in [3.05, 3.63) is 29.3 Å². The van der Waals surface area contributed by atoms with E-state index in [1.807, 2.05) is 13.0 Å². The second kappa shape index (κ2) is 7.01. The minimum atomic E-state index is -0.139. The van der Waals surface area contributed by atoms with Crippen molar-refractivity contribution >= 4 is 5.91 Å². The summed E-state index contributed by atoms with van der Waals surface area (Å²) in [6.45, 7) is 3.26. The molecule has 100 valence electrons. The zero-order valence-electron chi connectivity index (χ0n) is 11.1. The van der Waals surface area contributed by atoms with Gasteiger partial charge in [0, 0.05) is 13.6 Å². The number of aromatic hydroxyl groups is 1. The summed E-state index contributed by atoms with van der Waals surface area (Å²) in [4.78, 5) is 13.7. The van der Waals surface area contributed by atoms with E-state index in [-0.39, 0.29) is 11.7 Å². The molecule has 0 radical (unpaired) electrons. The molecule has 1 amide bonds. The molecular formula is C14H22N2O2. The van der Waals surface area contributed by atoms with Crippen LogP contribution in [0.4, 0.5) is 0 Å². The number of nitrogens with two attached hydrogens (primary N) is 1. The first-order valence-corrected chi connectivity index (χ1v) is 6.31. The van der Waals surface area contributed by atoms with E-state index in [4.69, 9.17) is 5.73 Å². The molecule has 0 atom stereocenters. The van der Waals surface area contributed by atoms with Crippen LogP contribution in [-0.4, -0.2) is 36.1 Å². The molecule has 4 heteroatoms. The van der Waals surface area contributed by atoms with Gasteiger partial charge in [-0.05, 0) is 44.0 Å². The summed E-state index contributed by atoms with van der Waals surface area (Å²) >= 11 is 0. The number of aryl methyl sites for hydroxylation is 1. The lowest BCUT2D eigenvalue weighted by molar-refractivity contribution is 0.0789. The summed E-state index contributed by atoms with van der Waals surface area (Å²) in [5.41, 5.74) is 6.72. The monoisotopic (exact) mass is 250 g/mol. The second-order valence-electron chi connectivity index (χ2n) is 4.60. The molecule has 0 saturated heterocycles. The fourth-order valence-corrected chi connectivity index (χ4v) is 1.80. The van der Waals surface area contributed by atoms with E-state index in [0.29, 0.717) is 18.7 Å². The molecule has 1 rings (SSSR count). The number of rotatable bonds is 6. The highest BCUT2D eigenvalue weighted by molar-refractivity contribution is 5.96. The number of hydrogen-bond donors (Lipinski definition) is 2. The number of phenols is 1. The Balaban J connectivity index is 2.57. The molecule has 0 unspecified atom stereocenters. The fraction of sp³-hybridized carbons (Fsp3) is 0.500. The van der Waals surface area contributed by atoms with Crippen LogP contribution < -0.4 is 5.73 Å². The summed E-state index contributed by atoms with van der Waals surface area (Å²) in [7, 11) is 1.75. The van der Waals surface area contributed by atoms with Gasteiger partial charge >= 0.3 is 0 Å². The van der Waals surface area contributed by atoms with E-state index in [1.54, 1.807) is 24.1 Å². The highest BCUT2D eigenvalue weighted by Crippen LogP contribution is 2.19. The van der Waals surface area contributed by atoms with Gasteiger partial charge in [-0.3, -0.25) is 4.79 Å². The third kappa shape index (κ3) is 4.04. The Hall–Kier alpha value is -1.55. The summed E-state index contributed by atoms with van der Waals surface area (Å²) in [5, 5.41) is 9.76. The maximum atomic E-state index is 12.1. The van der Waals surface area contributed by atoms with Crippen LogP contribution in [0.3, 0.4) is 0 Å². The number of hydrogen-bond acceptors (Lipinski definition) is 3. The minimum Gasteiger partial charge on any atom is -0.507 e. The van der Waals surface area contributed by atoms with Crippen LogP contribution in [0.1, 0.15) is 35.2 Å². The molecule has 0 aliphatic rings. The molecule has 0 aliphatic heterocycles. The highest BCUT2D eigenvalue weighted by Gasteiger charge is 2.15. The first kappa shape index (κ1) is 14.5. The van der Waals surface area contributed by atoms with E-state index in [0.717, 1.165) is 24.8 Å². The Morgan fingerprint density at radius 1 is 1.33 bits per heavy atom. The number of carbonyl (C=O) groups excluding carboxylic acids is 1. The number of carbonyl (C=O) groups is 1. The van der Waals surface area contributed by atoms with Gasteiger partial charge in [0.05, 0.1) is 5.56 Å². The van der Waals surface area contributed by atoms with Crippen molar-refractivity contribution in [1.29, 1.82) is 0 Å². The standard InChI is InChI=1S/C14H22N2O2/c1-11-6-7-12(13(17)10-11)14(18)16(2)9-5-3-4-8-15/h6-7,10,17H,3-5,8-9,15H2,1-2H3. The van der Waals surface area contributed by atoms with Gasteiger partial charge in [0.2, 0.25) is 0 Å². The fourth-order valence-electron chi connectivity index (χ4n) is 1.80. The summed E-state index contributed by atoms with van der Waals surface area (Å²) < 4.78 is 0. The molecular weight excluding hydrogens is 228 g/mol. The summed E-state index contributed by atoms with van der Waals surface area (Å²) in [5.74, 6) is -0.0888. The van der Waals surface area contributed by atoms with Gasteiger partial charge in [-0.15, -0.1) is 0 Å². The van der Waals surface area contributed by atoms with Crippen molar-refractivity contribution in [3.63, 3.8) is 0 Å². The van der Waals surface area contributed by atoms with Crippen molar-refractivity contribution in [1.82, 2.24) is 4.90 Å².